The lowest BCUT2D eigenvalue weighted by molar-refractivity contribution is 0.0740. The van der Waals surface area contributed by atoms with E-state index in [-0.39, 0.29) is 5.91 Å². The molecular formula is C13H17N7O2. The number of nitrogens with zero attached hydrogens (tertiary/aromatic N) is 6. The molecule has 9 nitrogen and oxygen atoms in total. The van der Waals surface area contributed by atoms with Crippen LogP contribution in [-0.4, -0.2) is 56.2 Å². The van der Waals surface area contributed by atoms with E-state index in [1.54, 1.807) is 25.1 Å². The molecule has 2 aromatic rings. The van der Waals surface area contributed by atoms with E-state index in [4.69, 9.17) is 4.74 Å². The van der Waals surface area contributed by atoms with Gasteiger partial charge in [-0.2, -0.15) is 4.98 Å². The number of aryl methyl sites for hydroxylation is 1. The van der Waals surface area contributed by atoms with Gasteiger partial charge >= 0.3 is 0 Å². The van der Waals surface area contributed by atoms with Crippen LogP contribution in [-0.2, 0) is 13.1 Å². The number of ether oxygens (including phenoxy) is 1. The van der Waals surface area contributed by atoms with Crippen molar-refractivity contribution in [2.24, 2.45) is 0 Å². The first-order valence-corrected chi connectivity index (χ1v) is 6.89. The Labute approximate surface area is 127 Å². The van der Waals surface area contributed by atoms with E-state index in [1.165, 1.54) is 0 Å². The Bertz CT molecular complexity index is 712. The van der Waals surface area contributed by atoms with Crippen LogP contribution < -0.4 is 10.1 Å². The summed E-state index contributed by atoms with van der Waals surface area (Å²) in [4.78, 5) is 22.1. The van der Waals surface area contributed by atoms with Crippen LogP contribution in [0, 0.1) is 6.92 Å². The van der Waals surface area contributed by atoms with Crippen LogP contribution in [0.25, 0.3) is 0 Å². The van der Waals surface area contributed by atoms with Crippen molar-refractivity contribution in [1.29, 1.82) is 0 Å². The molecule has 0 radical (unpaired) electrons. The molecular weight excluding hydrogens is 286 g/mol. The minimum Gasteiger partial charge on any atom is -0.481 e. The van der Waals surface area contributed by atoms with Gasteiger partial charge in [0.05, 0.1) is 13.7 Å². The van der Waals surface area contributed by atoms with Crippen LogP contribution in [0.15, 0.2) is 6.07 Å². The fourth-order valence-corrected chi connectivity index (χ4v) is 2.26. The summed E-state index contributed by atoms with van der Waals surface area (Å²) in [6, 6.07) is 1.75. The highest BCUT2D eigenvalue weighted by molar-refractivity contribution is 5.91. The lowest BCUT2D eigenvalue weighted by atomic mass is 10.3. The average Bonchev–Trinajstić information content (AvgIpc) is 2.92. The van der Waals surface area contributed by atoms with Gasteiger partial charge in [-0.15, -0.1) is 10.2 Å². The van der Waals surface area contributed by atoms with Crippen LogP contribution in [0.5, 0.6) is 5.88 Å². The van der Waals surface area contributed by atoms with E-state index in [2.05, 4.69) is 25.5 Å². The first kappa shape index (κ1) is 14.2. The number of hydrogen-bond donors (Lipinski definition) is 1. The van der Waals surface area contributed by atoms with Gasteiger partial charge < -0.3 is 19.5 Å². The monoisotopic (exact) mass is 303 g/mol. The molecule has 0 bridgehead atoms. The predicted molar refractivity (Wildman–Crippen MR) is 77.6 cm³/mol. The molecule has 9 heteroatoms. The summed E-state index contributed by atoms with van der Waals surface area (Å²) in [5, 5.41) is 11.1. The first-order valence-electron chi connectivity index (χ1n) is 6.89. The molecule has 0 aromatic carbocycles. The molecule has 0 fully saturated rings. The van der Waals surface area contributed by atoms with Crippen LogP contribution in [0.3, 0.4) is 0 Å². The third-order valence-corrected chi connectivity index (χ3v) is 3.47. The average molecular weight is 303 g/mol. The Kier molecular flexibility index (Phi) is 3.61. The van der Waals surface area contributed by atoms with Gasteiger partial charge in [0.1, 0.15) is 0 Å². The van der Waals surface area contributed by atoms with Crippen molar-refractivity contribution in [3.63, 3.8) is 0 Å². The molecule has 1 amide bonds. The second-order valence-corrected chi connectivity index (χ2v) is 5.05. The molecule has 3 rings (SSSR count). The highest BCUT2D eigenvalue weighted by Gasteiger charge is 2.26. The number of anilines is 1. The maximum atomic E-state index is 12.0. The standard InChI is InChI=1S/C13H17N7O2/c1-8-6-10(22-3)16-13(15-8)14-7-9-17-18-11-12(21)19(2)4-5-20(9)11/h6H,4-5,7H2,1-3H3,(H,14,15,16). The highest BCUT2D eigenvalue weighted by Crippen LogP contribution is 2.14. The lowest BCUT2D eigenvalue weighted by Crippen LogP contribution is -2.38. The van der Waals surface area contributed by atoms with Crippen molar-refractivity contribution in [2.45, 2.75) is 20.0 Å². The Hall–Kier alpha value is -2.71. The van der Waals surface area contributed by atoms with Gasteiger partial charge in [-0.3, -0.25) is 4.79 Å². The Balaban J connectivity index is 1.77. The Morgan fingerprint density at radius 1 is 1.32 bits per heavy atom. The largest absolute Gasteiger partial charge is 0.481 e. The topological polar surface area (TPSA) is 98.1 Å². The summed E-state index contributed by atoms with van der Waals surface area (Å²) in [6.07, 6.45) is 0. The van der Waals surface area contributed by atoms with Crippen molar-refractivity contribution in [3.05, 3.63) is 23.4 Å². The van der Waals surface area contributed by atoms with Crippen LogP contribution in [0.2, 0.25) is 0 Å². The summed E-state index contributed by atoms with van der Waals surface area (Å²) in [6.45, 7) is 3.57. The Morgan fingerprint density at radius 2 is 2.14 bits per heavy atom. The minimum absolute atomic E-state index is 0.113. The second kappa shape index (κ2) is 5.58. The van der Waals surface area contributed by atoms with Gasteiger partial charge in [0.25, 0.3) is 5.91 Å². The number of carbonyl (C=O) groups excluding carboxylic acids is 1. The number of hydrogen-bond acceptors (Lipinski definition) is 7. The van der Waals surface area contributed by atoms with E-state index in [0.29, 0.717) is 43.1 Å². The smallest absolute Gasteiger partial charge is 0.291 e. The molecule has 0 unspecified atom stereocenters. The first-order chi connectivity index (χ1) is 10.6. The second-order valence-electron chi connectivity index (χ2n) is 5.05. The normalized spacial score (nSPS) is 14.0. The van der Waals surface area contributed by atoms with Crippen molar-refractivity contribution in [1.82, 2.24) is 29.6 Å². The van der Waals surface area contributed by atoms with Gasteiger partial charge in [-0.25, -0.2) is 4.98 Å². The molecule has 0 saturated carbocycles. The fraction of sp³-hybridized carbons (Fsp3) is 0.462. The third-order valence-electron chi connectivity index (χ3n) is 3.47. The van der Waals surface area contributed by atoms with Crippen molar-refractivity contribution in [2.75, 3.05) is 26.0 Å². The highest BCUT2D eigenvalue weighted by atomic mass is 16.5. The number of methoxy groups -OCH3 is 1. The van der Waals surface area contributed by atoms with Crippen LogP contribution in [0.4, 0.5) is 5.95 Å². The molecule has 0 spiro atoms. The molecule has 1 aliphatic rings. The third kappa shape index (κ3) is 2.57. The van der Waals surface area contributed by atoms with Crippen molar-refractivity contribution >= 4 is 11.9 Å². The number of nitrogens with one attached hydrogen (secondary N) is 1. The van der Waals surface area contributed by atoms with E-state index in [0.717, 1.165) is 5.69 Å². The summed E-state index contributed by atoms with van der Waals surface area (Å²) < 4.78 is 6.94. The number of aromatic nitrogens is 5. The van der Waals surface area contributed by atoms with E-state index in [9.17, 15) is 4.79 Å². The minimum atomic E-state index is -0.113. The number of carbonyl (C=O) groups is 1. The van der Waals surface area contributed by atoms with Crippen LogP contribution >= 0.6 is 0 Å². The van der Waals surface area contributed by atoms with E-state index in [1.807, 2.05) is 11.5 Å². The summed E-state index contributed by atoms with van der Waals surface area (Å²) in [5.74, 6) is 1.89. The zero-order valence-corrected chi connectivity index (χ0v) is 12.7. The maximum Gasteiger partial charge on any atom is 0.291 e. The lowest BCUT2D eigenvalue weighted by Gasteiger charge is -2.23. The zero-order valence-electron chi connectivity index (χ0n) is 12.7. The number of fused-ring (bicyclic) bond motifs is 1. The fourth-order valence-electron chi connectivity index (χ4n) is 2.26. The number of likely N-dealkylation sites (N-methyl/N-ethyl adjacent to an activating group) is 1. The van der Waals surface area contributed by atoms with Crippen LogP contribution in [0.1, 0.15) is 22.1 Å². The van der Waals surface area contributed by atoms with Gasteiger partial charge in [0.2, 0.25) is 17.7 Å². The zero-order chi connectivity index (χ0) is 15.7. The SMILES string of the molecule is COc1cc(C)nc(NCc2nnc3n2CCN(C)C3=O)n1. The Morgan fingerprint density at radius 3 is 2.91 bits per heavy atom. The summed E-state index contributed by atoms with van der Waals surface area (Å²) >= 11 is 0. The van der Waals surface area contributed by atoms with E-state index < -0.39 is 0 Å². The van der Waals surface area contributed by atoms with Crippen molar-refractivity contribution in [3.8, 4) is 5.88 Å². The van der Waals surface area contributed by atoms with Gasteiger partial charge in [-0.1, -0.05) is 0 Å². The van der Waals surface area contributed by atoms with Gasteiger partial charge in [0, 0.05) is 31.9 Å². The predicted octanol–water partition coefficient (Wildman–Crippen LogP) is 0.0828. The maximum absolute atomic E-state index is 12.0. The summed E-state index contributed by atoms with van der Waals surface area (Å²) in [5.41, 5.74) is 0.800. The van der Waals surface area contributed by atoms with E-state index >= 15 is 0 Å². The molecule has 0 atom stereocenters. The van der Waals surface area contributed by atoms with Gasteiger partial charge in [-0.05, 0) is 6.92 Å². The quantitative estimate of drug-likeness (QED) is 0.854. The van der Waals surface area contributed by atoms with Crippen molar-refractivity contribution < 1.29 is 9.53 Å². The molecule has 1 aliphatic heterocycles. The molecule has 22 heavy (non-hydrogen) atoms. The summed E-state index contributed by atoms with van der Waals surface area (Å²) in [7, 11) is 3.31. The molecule has 3 heterocycles. The van der Waals surface area contributed by atoms with Gasteiger partial charge in [0.15, 0.2) is 5.82 Å². The number of amides is 1. The molecule has 0 saturated heterocycles. The molecule has 0 aliphatic carbocycles. The molecule has 2 aromatic heterocycles. The molecule has 1 N–H and O–H groups in total. The molecule has 116 valence electrons. The number of rotatable bonds is 4.